The molecule has 2 N–H and O–H groups in total. The molecule has 2 rings (SSSR count). The minimum Gasteiger partial charge on any atom is -0.396 e. The number of nitrogens with one attached hydrogen (secondary N) is 1. The molecule has 0 amide bonds. The molecule has 0 spiro atoms. The van der Waals surface area contributed by atoms with Crippen molar-refractivity contribution >= 4 is 32.8 Å². The fraction of sp³-hybridized carbons (Fsp3) is 0.308. The minimum atomic E-state index is 0.218. The van der Waals surface area contributed by atoms with Gasteiger partial charge in [-0.05, 0) is 37.1 Å². The van der Waals surface area contributed by atoms with Gasteiger partial charge in [0.25, 0.3) is 0 Å². The van der Waals surface area contributed by atoms with E-state index in [0.717, 1.165) is 39.5 Å². The molecule has 0 aliphatic heterocycles. The second kappa shape index (κ2) is 5.29. The zero-order valence-electron chi connectivity index (χ0n) is 9.86. The molecule has 1 aromatic heterocycles. The topological polar surface area (TPSA) is 45.2 Å². The van der Waals surface area contributed by atoms with Gasteiger partial charge in [-0.25, -0.2) is 4.98 Å². The van der Waals surface area contributed by atoms with E-state index in [1.54, 1.807) is 11.3 Å². The lowest BCUT2D eigenvalue weighted by molar-refractivity contribution is 0.292. The van der Waals surface area contributed by atoms with Gasteiger partial charge in [0.15, 0.2) is 0 Å². The highest BCUT2D eigenvalue weighted by Crippen LogP contribution is 2.28. The Morgan fingerprint density at radius 1 is 1.53 bits per heavy atom. The number of hydrogen-bond acceptors (Lipinski definition) is 4. The SMILES string of the molecule is C=C(C)c1nc2ccc(NCCCO)cc2s1. The number of allylic oxidation sites excluding steroid dienone is 1. The first kappa shape index (κ1) is 12.1. The van der Waals surface area contributed by atoms with E-state index in [2.05, 4.69) is 22.9 Å². The van der Waals surface area contributed by atoms with E-state index in [1.165, 1.54) is 0 Å². The van der Waals surface area contributed by atoms with Crippen molar-refractivity contribution < 1.29 is 5.11 Å². The van der Waals surface area contributed by atoms with Crippen molar-refractivity contribution in [2.45, 2.75) is 13.3 Å². The number of fused-ring (bicyclic) bond motifs is 1. The maximum absolute atomic E-state index is 8.72. The fourth-order valence-electron chi connectivity index (χ4n) is 1.53. The molecule has 0 saturated heterocycles. The highest BCUT2D eigenvalue weighted by Gasteiger charge is 2.04. The lowest BCUT2D eigenvalue weighted by atomic mass is 10.3. The molecule has 0 atom stereocenters. The van der Waals surface area contributed by atoms with Crippen molar-refractivity contribution in [3.05, 3.63) is 29.8 Å². The van der Waals surface area contributed by atoms with Crippen LogP contribution in [-0.4, -0.2) is 23.2 Å². The van der Waals surface area contributed by atoms with Crippen molar-refractivity contribution in [2.75, 3.05) is 18.5 Å². The van der Waals surface area contributed by atoms with Crippen molar-refractivity contribution in [1.29, 1.82) is 0 Å². The van der Waals surface area contributed by atoms with Gasteiger partial charge in [0.1, 0.15) is 5.01 Å². The van der Waals surface area contributed by atoms with Gasteiger partial charge >= 0.3 is 0 Å². The quantitative estimate of drug-likeness (QED) is 0.799. The Balaban J connectivity index is 2.21. The number of aliphatic hydroxyl groups is 1. The second-order valence-electron chi connectivity index (χ2n) is 3.99. The molecule has 0 fully saturated rings. The number of aromatic nitrogens is 1. The molecule has 1 heterocycles. The van der Waals surface area contributed by atoms with E-state index in [1.807, 2.05) is 19.1 Å². The number of benzene rings is 1. The molecule has 0 aliphatic rings. The summed E-state index contributed by atoms with van der Waals surface area (Å²) in [5.74, 6) is 0. The number of thiazole rings is 1. The summed E-state index contributed by atoms with van der Waals surface area (Å²) in [6, 6.07) is 6.12. The number of rotatable bonds is 5. The van der Waals surface area contributed by atoms with Crippen molar-refractivity contribution in [2.24, 2.45) is 0 Å². The average Bonchev–Trinajstić information content (AvgIpc) is 2.72. The standard InChI is InChI=1S/C13H16N2OS/c1-9(2)13-15-11-5-4-10(8-12(11)17-13)14-6-3-7-16/h4-5,8,14,16H,1,3,6-7H2,2H3. The molecule has 4 heteroatoms. The molecule has 90 valence electrons. The third-order valence-electron chi connectivity index (χ3n) is 2.42. The van der Waals surface area contributed by atoms with Crippen LogP contribution >= 0.6 is 11.3 Å². The molecule has 0 saturated carbocycles. The predicted molar refractivity (Wildman–Crippen MR) is 74.5 cm³/mol. The van der Waals surface area contributed by atoms with Crippen LogP contribution in [-0.2, 0) is 0 Å². The lowest BCUT2D eigenvalue weighted by Crippen LogP contribution is -2.02. The van der Waals surface area contributed by atoms with Gasteiger partial charge in [0.05, 0.1) is 10.2 Å². The van der Waals surface area contributed by atoms with E-state index in [4.69, 9.17) is 5.11 Å². The highest BCUT2D eigenvalue weighted by molar-refractivity contribution is 7.19. The molecule has 3 nitrogen and oxygen atoms in total. The molecule has 0 aliphatic carbocycles. The Morgan fingerprint density at radius 3 is 3.06 bits per heavy atom. The van der Waals surface area contributed by atoms with Gasteiger partial charge in [-0.2, -0.15) is 0 Å². The van der Waals surface area contributed by atoms with Crippen LogP contribution in [0.3, 0.4) is 0 Å². The van der Waals surface area contributed by atoms with Crippen LogP contribution in [0.15, 0.2) is 24.8 Å². The molecule has 17 heavy (non-hydrogen) atoms. The number of nitrogens with zero attached hydrogens (tertiary/aromatic N) is 1. The minimum absolute atomic E-state index is 0.218. The molecule has 0 bridgehead atoms. The van der Waals surface area contributed by atoms with Crippen LogP contribution in [0.4, 0.5) is 5.69 Å². The Labute approximate surface area is 105 Å². The molecular weight excluding hydrogens is 232 g/mol. The second-order valence-corrected chi connectivity index (χ2v) is 5.02. The zero-order valence-corrected chi connectivity index (χ0v) is 10.7. The van der Waals surface area contributed by atoms with Gasteiger partial charge in [0.2, 0.25) is 0 Å². The Hall–Kier alpha value is -1.39. The average molecular weight is 248 g/mol. The first-order valence-corrected chi connectivity index (χ1v) is 6.43. The summed E-state index contributed by atoms with van der Waals surface area (Å²) in [5, 5.41) is 13.0. The number of anilines is 1. The number of aliphatic hydroxyl groups excluding tert-OH is 1. The first-order chi connectivity index (χ1) is 8.20. The summed E-state index contributed by atoms with van der Waals surface area (Å²) in [4.78, 5) is 4.50. The fourth-order valence-corrected chi connectivity index (χ4v) is 2.46. The summed E-state index contributed by atoms with van der Waals surface area (Å²) < 4.78 is 1.16. The maximum Gasteiger partial charge on any atom is 0.119 e. The van der Waals surface area contributed by atoms with Crippen molar-refractivity contribution in [3.8, 4) is 0 Å². The summed E-state index contributed by atoms with van der Waals surface area (Å²) in [5.41, 5.74) is 3.09. The van der Waals surface area contributed by atoms with Gasteiger partial charge in [-0.1, -0.05) is 6.58 Å². The van der Waals surface area contributed by atoms with Crippen LogP contribution in [0.2, 0.25) is 0 Å². The Bertz CT molecular complexity index is 533. The van der Waals surface area contributed by atoms with E-state index >= 15 is 0 Å². The molecule has 0 unspecified atom stereocenters. The lowest BCUT2D eigenvalue weighted by Gasteiger charge is -2.04. The smallest absolute Gasteiger partial charge is 0.119 e. The van der Waals surface area contributed by atoms with Gasteiger partial charge < -0.3 is 10.4 Å². The van der Waals surface area contributed by atoms with Gasteiger partial charge in [-0.3, -0.25) is 0 Å². The molecule has 1 aromatic carbocycles. The normalized spacial score (nSPS) is 10.7. The Morgan fingerprint density at radius 2 is 2.35 bits per heavy atom. The van der Waals surface area contributed by atoms with Crippen LogP contribution in [0.1, 0.15) is 18.4 Å². The predicted octanol–water partition coefficient (Wildman–Crippen LogP) is 3.12. The van der Waals surface area contributed by atoms with E-state index in [-0.39, 0.29) is 6.61 Å². The molecular formula is C13H16N2OS. The van der Waals surface area contributed by atoms with Crippen molar-refractivity contribution in [3.63, 3.8) is 0 Å². The summed E-state index contributed by atoms with van der Waals surface area (Å²) in [6.07, 6.45) is 0.762. The summed E-state index contributed by atoms with van der Waals surface area (Å²) in [6.45, 7) is 6.88. The van der Waals surface area contributed by atoms with Crippen LogP contribution in [0.5, 0.6) is 0 Å². The third-order valence-corrected chi connectivity index (χ3v) is 3.60. The van der Waals surface area contributed by atoms with Crippen LogP contribution < -0.4 is 5.32 Å². The van der Waals surface area contributed by atoms with Crippen LogP contribution in [0.25, 0.3) is 15.8 Å². The first-order valence-electron chi connectivity index (χ1n) is 5.62. The maximum atomic E-state index is 8.72. The van der Waals surface area contributed by atoms with E-state index in [0.29, 0.717) is 0 Å². The molecule has 2 aromatic rings. The van der Waals surface area contributed by atoms with Crippen molar-refractivity contribution in [1.82, 2.24) is 4.98 Å². The third kappa shape index (κ3) is 2.84. The van der Waals surface area contributed by atoms with E-state index < -0.39 is 0 Å². The summed E-state index contributed by atoms with van der Waals surface area (Å²) in [7, 11) is 0. The number of hydrogen-bond donors (Lipinski definition) is 2. The summed E-state index contributed by atoms with van der Waals surface area (Å²) >= 11 is 1.66. The largest absolute Gasteiger partial charge is 0.396 e. The van der Waals surface area contributed by atoms with Crippen LogP contribution in [0, 0.1) is 0 Å². The monoisotopic (exact) mass is 248 g/mol. The van der Waals surface area contributed by atoms with E-state index in [9.17, 15) is 0 Å². The Kier molecular flexibility index (Phi) is 3.76. The highest BCUT2D eigenvalue weighted by atomic mass is 32.1. The van der Waals surface area contributed by atoms with Gasteiger partial charge in [-0.15, -0.1) is 11.3 Å². The van der Waals surface area contributed by atoms with Gasteiger partial charge in [0, 0.05) is 18.8 Å². The zero-order chi connectivity index (χ0) is 12.3. The molecule has 0 radical (unpaired) electrons.